The third kappa shape index (κ3) is 5.27. The van der Waals surface area contributed by atoms with Crippen LogP contribution in [0.4, 0.5) is 5.69 Å². The molecule has 4 rings (SSSR count). The lowest BCUT2D eigenvalue weighted by Gasteiger charge is -2.31. The fraction of sp³-hybridized carbons (Fsp3) is 0.417. The molecule has 1 heterocycles. The van der Waals surface area contributed by atoms with E-state index in [0.717, 1.165) is 10.2 Å². The third-order valence-electron chi connectivity index (χ3n) is 5.98. The Hall–Kier alpha value is -1.79. The maximum Gasteiger partial charge on any atom is 0.253 e. The third-order valence-corrected chi connectivity index (χ3v) is 7.93. The summed E-state index contributed by atoms with van der Waals surface area (Å²) in [5.41, 5.74) is 1.62. The van der Waals surface area contributed by atoms with Crippen molar-refractivity contribution in [2.45, 2.75) is 48.7 Å². The molecule has 2 fully saturated rings. The fourth-order valence-electron chi connectivity index (χ4n) is 4.21. The van der Waals surface area contributed by atoms with E-state index in [1.807, 2.05) is 59.1 Å². The highest BCUT2D eigenvalue weighted by atomic mass is 79.9. The van der Waals surface area contributed by atoms with Gasteiger partial charge in [-0.25, -0.2) is 0 Å². The molecule has 1 N–H and O–H groups in total. The SMILES string of the molecule is O=C(Nc1ccccc1SC1CCCC1)C1CCN(C(=O)c2ccc(Br)cc2)CC1. The van der Waals surface area contributed by atoms with Crippen LogP contribution in [0.5, 0.6) is 0 Å². The molecule has 1 aliphatic heterocycles. The van der Waals surface area contributed by atoms with Crippen LogP contribution in [0.1, 0.15) is 48.9 Å². The topological polar surface area (TPSA) is 49.4 Å². The molecule has 0 atom stereocenters. The van der Waals surface area contributed by atoms with Crippen molar-refractivity contribution >= 4 is 45.2 Å². The minimum absolute atomic E-state index is 0.0414. The van der Waals surface area contributed by atoms with Gasteiger partial charge in [0.15, 0.2) is 0 Å². The van der Waals surface area contributed by atoms with Crippen LogP contribution >= 0.6 is 27.7 Å². The summed E-state index contributed by atoms with van der Waals surface area (Å²) in [6.07, 6.45) is 6.54. The number of amides is 2. The van der Waals surface area contributed by atoms with Crippen molar-refractivity contribution in [2.75, 3.05) is 18.4 Å². The second-order valence-electron chi connectivity index (χ2n) is 8.08. The predicted molar refractivity (Wildman–Crippen MR) is 126 cm³/mol. The molecule has 1 aliphatic carbocycles. The van der Waals surface area contributed by atoms with Gasteiger partial charge in [-0.3, -0.25) is 9.59 Å². The zero-order valence-corrected chi connectivity index (χ0v) is 19.4. The van der Waals surface area contributed by atoms with Gasteiger partial charge in [0.2, 0.25) is 5.91 Å². The summed E-state index contributed by atoms with van der Waals surface area (Å²) in [6, 6.07) is 15.6. The van der Waals surface area contributed by atoms with Gasteiger partial charge in [0.1, 0.15) is 0 Å². The number of rotatable bonds is 5. The van der Waals surface area contributed by atoms with Gasteiger partial charge in [0, 0.05) is 39.2 Å². The van der Waals surface area contributed by atoms with Crippen molar-refractivity contribution in [2.24, 2.45) is 5.92 Å². The quantitative estimate of drug-likeness (QED) is 0.565. The van der Waals surface area contributed by atoms with E-state index in [2.05, 4.69) is 27.3 Å². The van der Waals surface area contributed by atoms with E-state index in [1.54, 1.807) is 0 Å². The molecule has 0 aromatic heterocycles. The Labute approximate surface area is 190 Å². The lowest BCUT2D eigenvalue weighted by atomic mass is 9.95. The first-order chi connectivity index (χ1) is 14.6. The maximum absolute atomic E-state index is 12.9. The molecular formula is C24H27BrN2O2S. The highest BCUT2D eigenvalue weighted by Crippen LogP contribution is 2.38. The maximum atomic E-state index is 12.9. The van der Waals surface area contributed by atoms with Crippen molar-refractivity contribution in [1.29, 1.82) is 0 Å². The zero-order valence-electron chi connectivity index (χ0n) is 17.0. The fourth-order valence-corrected chi connectivity index (χ4v) is 5.81. The van der Waals surface area contributed by atoms with Crippen molar-refractivity contribution in [3.63, 3.8) is 0 Å². The lowest BCUT2D eigenvalue weighted by Crippen LogP contribution is -2.41. The molecule has 2 amide bonds. The number of hydrogen-bond donors (Lipinski definition) is 1. The second-order valence-corrected chi connectivity index (χ2v) is 10.3. The van der Waals surface area contributed by atoms with Crippen LogP contribution in [0.3, 0.4) is 0 Å². The van der Waals surface area contributed by atoms with E-state index in [9.17, 15) is 9.59 Å². The van der Waals surface area contributed by atoms with E-state index in [0.29, 0.717) is 36.7 Å². The first kappa shape index (κ1) is 21.4. The molecule has 0 spiro atoms. The molecular weight excluding hydrogens is 460 g/mol. The van der Waals surface area contributed by atoms with Crippen LogP contribution in [0.25, 0.3) is 0 Å². The number of thioether (sulfide) groups is 1. The monoisotopic (exact) mass is 486 g/mol. The number of hydrogen-bond acceptors (Lipinski definition) is 3. The minimum Gasteiger partial charge on any atom is -0.339 e. The molecule has 1 saturated carbocycles. The molecule has 6 heteroatoms. The predicted octanol–water partition coefficient (Wildman–Crippen LogP) is 5.97. The van der Waals surface area contributed by atoms with E-state index in [1.165, 1.54) is 30.6 Å². The summed E-state index contributed by atoms with van der Waals surface area (Å²) < 4.78 is 0.959. The van der Waals surface area contributed by atoms with Gasteiger partial charge < -0.3 is 10.2 Å². The van der Waals surface area contributed by atoms with Gasteiger partial charge in [-0.05, 0) is 62.1 Å². The van der Waals surface area contributed by atoms with E-state index in [4.69, 9.17) is 0 Å². The van der Waals surface area contributed by atoms with E-state index >= 15 is 0 Å². The normalized spacial score (nSPS) is 17.8. The highest BCUT2D eigenvalue weighted by Gasteiger charge is 2.28. The van der Waals surface area contributed by atoms with Crippen LogP contribution in [0.15, 0.2) is 57.9 Å². The molecule has 0 bridgehead atoms. The molecule has 158 valence electrons. The van der Waals surface area contributed by atoms with Crippen molar-refractivity contribution in [3.8, 4) is 0 Å². The number of para-hydroxylation sites is 1. The van der Waals surface area contributed by atoms with Crippen molar-refractivity contribution in [1.82, 2.24) is 4.90 Å². The number of carbonyl (C=O) groups is 2. The smallest absolute Gasteiger partial charge is 0.253 e. The average molecular weight is 487 g/mol. The Balaban J connectivity index is 1.32. The van der Waals surface area contributed by atoms with Crippen LogP contribution in [-0.4, -0.2) is 35.1 Å². The molecule has 1 saturated heterocycles. The molecule has 0 radical (unpaired) electrons. The zero-order chi connectivity index (χ0) is 20.9. The van der Waals surface area contributed by atoms with Gasteiger partial charge in [-0.1, -0.05) is 40.9 Å². The van der Waals surface area contributed by atoms with Crippen LogP contribution in [0.2, 0.25) is 0 Å². The number of anilines is 1. The Morgan fingerprint density at radius 1 is 0.933 bits per heavy atom. The molecule has 2 aromatic rings. The summed E-state index contributed by atoms with van der Waals surface area (Å²) in [5.74, 6) is 0.0633. The second kappa shape index (κ2) is 10.0. The largest absolute Gasteiger partial charge is 0.339 e. The number of nitrogens with one attached hydrogen (secondary N) is 1. The minimum atomic E-state index is -0.0523. The summed E-state index contributed by atoms with van der Waals surface area (Å²) in [4.78, 5) is 28.6. The van der Waals surface area contributed by atoms with Gasteiger partial charge in [-0.15, -0.1) is 11.8 Å². The van der Waals surface area contributed by atoms with Gasteiger partial charge in [-0.2, -0.15) is 0 Å². The molecule has 2 aromatic carbocycles. The van der Waals surface area contributed by atoms with Gasteiger partial charge in [0.25, 0.3) is 5.91 Å². The van der Waals surface area contributed by atoms with Crippen molar-refractivity contribution < 1.29 is 9.59 Å². The summed E-state index contributed by atoms with van der Waals surface area (Å²) in [7, 11) is 0. The summed E-state index contributed by atoms with van der Waals surface area (Å²) in [6.45, 7) is 1.23. The van der Waals surface area contributed by atoms with Crippen molar-refractivity contribution in [3.05, 3.63) is 58.6 Å². The Morgan fingerprint density at radius 3 is 2.30 bits per heavy atom. The molecule has 30 heavy (non-hydrogen) atoms. The Morgan fingerprint density at radius 2 is 1.60 bits per heavy atom. The number of carbonyl (C=O) groups excluding carboxylic acids is 2. The van der Waals surface area contributed by atoms with Gasteiger partial charge in [0.05, 0.1) is 5.69 Å². The van der Waals surface area contributed by atoms with E-state index in [-0.39, 0.29) is 17.7 Å². The van der Waals surface area contributed by atoms with Crippen LogP contribution in [-0.2, 0) is 4.79 Å². The first-order valence-corrected chi connectivity index (χ1v) is 12.4. The van der Waals surface area contributed by atoms with Gasteiger partial charge >= 0.3 is 0 Å². The molecule has 2 aliphatic rings. The standard InChI is InChI=1S/C24H27BrN2O2S/c25-19-11-9-18(10-12-19)24(29)27-15-13-17(14-16-27)23(28)26-21-7-3-4-8-22(21)30-20-5-1-2-6-20/h3-4,7-12,17,20H,1-2,5-6,13-16H2,(H,26,28). The number of benzene rings is 2. The molecule has 4 nitrogen and oxygen atoms in total. The Bertz CT molecular complexity index is 888. The number of nitrogens with zero attached hydrogens (tertiary/aromatic N) is 1. The molecule has 0 unspecified atom stereocenters. The Kier molecular flexibility index (Phi) is 7.16. The average Bonchev–Trinajstić information content (AvgIpc) is 3.28. The van der Waals surface area contributed by atoms with E-state index < -0.39 is 0 Å². The highest BCUT2D eigenvalue weighted by molar-refractivity contribution is 9.10. The summed E-state index contributed by atoms with van der Waals surface area (Å²) >= 11 is 5.30. The van der Waals surface area contributed by atoms with Crippen LogP contribution in [0, 0.1) is 5.92 Å². The summed E-state index contributed by atoms with van der Waals surface area (Å²) in [5, 5.41) is 3.83. The lowest BCUT2D eigenvalue weighted by molar-refractivity contribution is -0.121. The first-order valence-electron chi connectivity index (χ1n) is 10.7. The number of halogens is 1. The number of likely N-dealkylation sites (tertiary alicyclic amines) is 1. The number of piperidine rings is 1. The van der Waals surface area contributed by atoms with Crippen LogP contribution < -0.4 is 5.32 Å².